The van der Waals surface area contributed by atoms with Crippen molar-refractivity contribution in [2.75, 3.05) is 0 Å². The fourth-order valence-electron chi connectivity index (χ4n) is 3.44. The fraction of sp³-hybridized carbons (Fsp3) is 0.500. The number of ketones is 3. The molecule has 0 saturated heterocycles. The fourth-order valence-corrected chi connectivity index (χ4v) is 3.44. The third-order valence-corrected chi connectivity index (χ3v) is 4.17. The van der Waals surface area contributed by atoms with Crippen LogP contribution in [0.25, 0.3) is 0 Å². The summed E-state index contributed by atoms with van der Waals surface area (Å²) in [5.74, 6) is -3.32. The second-order valence-electron chi connectivity index (χ2n) is 5.96. The van der Waals surface area contributed by atoms with Gasteiger partial charge in [-0.05, 0) is 32.9 Å². The summed E-state index contributed by atoms with van der Waals surface area (Å²) in [6.07, 6.45) is 1.36. The number of pyridine rings is 1. The Morgan fingerprint density at radius 3 is 2.43 bits per heavy atom. The Bertz CT molecular complexity index is 579. The van der Waals surface area contributed by atoms with Gasteiger partial charge in [0, 0.05) is 24.2 Å². The minimum atomic E-state index is -1.46. The summed E-state index contributed by atoms with van der Waals surface area (Å²) in [6.45, 7) is 4.20. The molecule has 0 amide bonds. The van der Waals surface area contributed by atoms with Gasteiger partial charge in [0.1, 0.15) is 17.3 Å². The summed E-state index contributed by atoms with van der Waals surface area (Å²) in [4.78, 5) is 40.5. The molecule has 0 aliphatic heterocycles. The van der Waals surface area contributed by atoms with Crippen molar-refractivity contribution in [2.24, 2.45) is 11.8 Å². The molecule has 1 N–H and O–H groups in total. The summed E-state index contributed by atoms with van der Waals surface area (Å²) in [7, 11) is 0. The van der Waals surface area contributed by atoms with E-state index in [9.17, 15) is 19.5 Å². The Balaban J connectivity index is 2.61. The molecule has 4 atom stereocenters. The van der Waals surface area contributed by atoms with Gasteiger partial charge in [0.15, 0.2) is 0 Å². The number of hydrogen-bond donors (Lipinski definition) is 1. The zero-order valence-corrected chi connectivity index (χ0v) is 12.4. The van der Waals surface area contributed by atoms with E-state index in [0.29, 0.717) is 5.69 Å². The van der Waals surface area contributed by atoms with E-state index >= 15 is 0 Å². The zero-order chi connectivity index (χ0) is 15.8. The van der Waals surface area contributed by atoms with Gasteiger partial charge in [0.05, 0.1) is 17.4 Å². The van der Waals surface area contributed by atoms with Crippen molar-refractivity contribution in [3.8, 4) is 0 Å². The third-order valence-electron chi connectivity index (χ3n) is 4.17. The summed E-state index contributed by atoms with van der Waals surface area (Å²) < 4.78 is 0. The molecule has 0 unspecified atom stereocenters. The Hall–Kier alpha value is -1.88. The lowest BCUT2D eigenvalue weighted by molar-refractivity contribution is -0.151. The molecule has 0 bridgehead atoms. The first kappa shape index (κ1) is 15.5. The van der Waals surface area contributed by atoms with Crippen molar-refractivity contribution >= 4 is 17.3 Å². The number of aliphatic hydroxyl groups is 1. The number of carbonyl (C=O) groups excluding carboxylic acids is 3. The standard InChI is InChI=1S/C16H19NO4/c1-9(18)13-12(20)8-16(3,21)15(10(2)19)14(13)11-6-4-5-7-17-11/h4-7,13-15,21H,8H2,1-3H3/t13-,14+,15+,16+/m1/s1. The highest BCUT2D eigenvalue weighted by molar-refractivity contribution is 6.04. The Kier molecular flexibility index (Phi) is 4.05. The number of rotatable bonds is 3. The van der Waals surface area contributed by atoms with Gasteiger partial charge in [-0.1, -0.05) is 6.07 Å². The Morgan fingerprint density at radius 1 is 1.29 bits per heavy atom. The molecule has 0 aromatic carbocycles. The second kappa shape index (κ2) is 5.48. The summed E-state index contributed by atoms with van der Waals surface area (Å²) in [6, 6.07) is 5.15. The van der Waals surface area contributed by atoms with Crippen molar-refractivity contribution in [3.05, 3.63) is 30.1 Å². The minimum absolute atomic E-state index is 0.190. The number of aromatic nitrogens is 1. The number of hydrogen-bond acceptors (Lipinski definition) is 5. The van der Waals surface area contributed by atoms with Crippen LogP contribution in [0.3, 0.4) is 0 Å². The predicted octanol–water partition coefficient (Wildman–Crippen LogP) is 1.30. The van der Waals surface area contributed by atoms with Crippen molar-refractivity contribution in [3.63, 3.8) is 0 Å². The summed E-state index contributed by atoms with van der Waals surface area (Å²) in [5.41, 5.74) is -0.969. The lowest BCUT2D eigenvalue weighted by Gasteiger charge is -2.43. The molecule has 112 valence electrons. The molecule has 2 rings (SSSR count). The Labute approximate surface area is 123 Å². The van der Waals surface area contributed by atoms with Crippen LogP contribution in [-0.4, -0.2) is 33.0 Å². The highest BCUT2D eigenvalue weighted by Gasteiger charge is 2.54. The van der Waals surface area contributed by atoms with Gasteiger partial charge in [-0.3, -0.25) is 19.4 Å². The van der Waals surface area contributed by atoms with E-state index in [0.717, 1.165) is 0 Å². The molecule has 21 heavy (non-hydrogen) atoms. The monoisotopic (exact) mass is 289 g/mol. The molecule has 1 aromatic rings. The van der Waals surface area contributed by atoms with Crippen LogP contribution >= 0.6 is 0 Å². The van der Waals surface area contributed by atoms with E-state index in [1.807, 2.05) is 0 Å². The zero-order valence-electron chi connectivity index (χ0n) is 12.4. The second-order valence-corrected chi connectivity index (χ2v) is 5.96. The van der Waals surface area contributed by atoms with Crippen LogP contribution in [0.4, 0.5) is 0 Å². The molecule has 0 radical (unpaired) electrons. The smallest absolute Gasteiger partial charge is 0.146 e. The summed E-state index contributed by atoms with van der Waals surface area (Å²) >= 11 is 0. The SMILES string of the molecule is CC(=O)[C@@H]1C(=O)C[C@](C)(O)[C@@H](C(C)=O)[C@H]1c1ccccn1. The Morgan fingerprint density at radius 2 is 1.95 bits per heavy atom. The lowest BCUT2D eigenvalue weighted by Crippen LogP contribution is -2.54. The van der Waals surface area contributed by atoms with Gasteiger partial charge in [-0.2, -0.15) is 0 Å². The lowest BCUT2D eigenvalue weighted by atomic mass is 9.61. The molecule has 1 aromatic heterocycles. The highest BCUT2D eigenvalue weighted by Crippen LogP contribution is 2.45. The van der Waals surface area contributed by atoms with Gasteiger partial charge >= 0.3 is 0 Å². The van der Waals surface area contributed by atoms with Crippen LogP contribution in [0.5, 0.6) is 0 Å². The van der Waals surface area contributed by atoms with Crippen LogP contribution < -0.4 is 0 Å². The molecule has 5 heteroatoms. The highest BCUT2D eigenvalue weighted by atomic mass is 16.3. The van der Waals surface area contributed by atoms with Crippen LogP contribution in [0.15, 0.2) is 24.4 Å². The van der Waals surface area contributed by atoms with E-state index in [1.54, 1.807) is 24.4 Å². The molecular weight excluding hydrogens is 270 g/mol. The van der Waals surface area contributed by atoms with E-state index in [-0.39, 0.29) is 23.8 Å². The van der Waals surface area contributed by atoms with Gasteiger partial charge < -0.3 is 5.11 Å². The number of carbonyl (C=O) groups is 3. The van der Waals surface area contributed by atoms with Gasteiger partial charge in [-0.25, -0.2) is 0 Å². The minimum Gasteiger partial charge on any atom is -0.389 e. The average Bonchev–Trinajstić information content (AvgIpc) is 2.36. The van der Waals surface area contributed by atoms with Crippen molar-refractivity contribution in [1.29, 1.82) is 0 Å². The van der Waals surface area contributed by atoms with Gasteiger partial charge in [-0.15, -0.1) is 0 Å². The van der Waals surface area contributed by atoms with E-state index in [1.165, 1.54) is 20.8 Å². The molecule has 1 saturated carbocycles. The van der Waals surface area contributed by atoms with Crippen molar-refractivity contribution in [2.45, 2.75) is 38.7 Å². The maximum atomic E-state index is 12.3. The van der Waals surface area contributed by atoms with Crippen LogP contribution in [0.1, 0.15) is 38.8 Å². The quantitative estimate of drug-likeness (QED) is 0.848. The maximum Gasteiger partial charge on any atom is 0.146 e. The number of nitrogens with zero attached hydrogens (tertiary/aromatic N) is 1. The number of Topliss-reactive ketones (excluding diaryl/α,β-unsaturated/α-hetero) is 3. The van der Waals surface area contributed by atoms with Gasteiger partial charge in [0.25, 0.3) is 0 Å². The molecule has 0 spiro atoms. The van der Waals surface area contributed by atoms with Crippen LogP contribution in [0, 0.1) is 11.8 Å². The molecule has 1 aliphatic carbocycles. The maximum absolute atomic E-state index is 12.3. The summed E-state index contributed by atoms with van der Waals surface area (Å²) in [5, 5.41) is 10.5. The van der Waals surface area contributed by atoms with Gasteiger partial charge in [0.2, 0.25) is 0 Å². The van der Waals surface area contributed by atoms with E-state index in [2.05, 4.69) is 4.98 Å². The molecule has 5 nitrogen and oxygen atoms in total. The topological polar surface area (TPSA) is 84.3 Å². The molecule has 1 heterocycles. The van der Waals surface area contributed by atoms with Crippen LogP contribution in [-0.2, 0) is 14.4 Å². The first-order valence-electron chi connectivity index (χ1n) is 6.92. The van der Waals surface area contributed by atoms with Crippen molar-refractivity contribution in [1.82, 2.24) is 4.98 Å². The first-order chi connectivity index (χ1) is 9.75. The van der Waals surface area contributed by atoms with Crippen LogP contribution in [0.2, 0.25) is 0 Å². The molecular formula is C16H19NO4. The van der Waals surface area contributed by atoms with E-state index < -0.39 is 23.4 Å². The van der Waals surface area contributed by atoms with E-state index in [4.69, 9.17) is 0 Å². The average molecular weight is 289 g/mol. The largest absolute Gasteiger partial charge is 0.389 e. The third kappa shape index (κ3) is 2.78. The molecule has 1 aliphatic rings. The van der Waals surface area contributed by atoms with Crippen molar-refractivity contribution < 1.29 is 19.5 Å². The normalized spacial score (nSPS) is 32.8. The molecule has 1 fully saturated rings. The predicted molar refractivity (Wildman–Crippen MR) is 75.6 cm³/mol. The first-order valence-corrected chi connectivity index (χ1v) is 6.92.